The number of sulfonamides is 1. The van der Waals surface area contributed by atoms with Crippen LogP contribution in [0, 0.1) is 13.8 Å². The number of hydrogen-bond donors (Lipinski definition) is 1. The molecule has 0 unspecified atom stereocenters. The summed E-state index contributed by atoms with van der Waals surface area (Å²) < 4.78 is 34.8. The largest absolute Gasteiger partial charge is 0.478 e. The summed E-state index contributed by atoms with van der Waals surface area (Å²) in [6, 6.07) is 0. The second-order valence-corrected chi connectivity index (χ2v) is 6.04. The van der Waals surface area contributed by atoms with Gasteiger partial charge in [-0.1, -0.05) is 0 Å². The molecule has 0 aliphatic rings. The Kier molecular flexibility index (Phi) is 4.56. The molecule has 0 fully saturated rings. The SMILES string of the molecule is COC(=O)CN(C)S(=O)(=O)c1c(C)oc(C)c1C(=O)O. The molecular weight excluding hydrogens is 290 g/mol. The second-order valence-electron chi connectivity index (χ2n) is 4.06. The molecule has 9 heteroatoms. The molecule has 0 radical (unpaired) electrons. The minimum absolute atomic E-state index is 0.0138. The first-order valence-corrected chi connectivity index (χ1v) is 6.93. The number of methoxy groups -OCH3 is 1. The minimum Gasteiger partial charge on any atom is -0.478 e. The highest BCUT2D eigenvalue weighted by Crippen LogP contribution is 2.28. The Labute approximate surface area is 116 Å². The lowest BCUT2D eigenvalue weighted by atomic mass is 10.2. The smallest absolute Gasteiger partial charge is 0.340 e. The maximum atomic E-state index is 12.3. The molecule has 0 saturated carbocycles. The van der Waals surface area contributed by atoms with Crippen LogP contribution in [0.3, 0.4) is 0 Å². The fourth-order valence-electron chi connectivity index (χ4n) is 1.71. The number of hydrogen-bond acceptors (Lipinski definition) is 6. The van der Waals surface area contributed by atoms with Crippen LogP contribution >= 0.6 is 0 Å². The molecule has 1 heterocycles. The highest BCUT2D eigenvalue weighted by Gasteiger charge is 2.34. The Bertz CT molecular complexity index is 644. The fraction of sp³-hybridized carbons (Fsp3) is 0.455. The Morgan fingerprint density at radius 3 is 2.30 bits per heavy atom. The van der Waals surface area contributed by atoms with Gasteiger partial charge in [0, 0.05) is 7.05 Å². The van der Waals surface area contributed by atoms with Gasteiger partial charge in [-0.05, 0) is 13.8 Å². The Hall–Kier alpha value is -1.87. The van der Waals surface area contributed by atoms with Crippen LogP contribution in [0.1, 0.15) is 21.9 Å². The molecule has 112 valence electrons. The van der Waals surface area contributed by atoms with Crippen molar-refractivity contribution in [2.24, 2.45) is 0 Å². The van der Waals surface area contributed by atoms with E-state index in [-0.39, 0.29) is 11.5 Å². The van der Waals surface area contributed by atoms with Gasteiger partial charge in [0.05, 0.1) is 7.11 Å². The molecule has 0 aliphatic carbocycles. The van der Waals surface area contributed by atoms with Gasteiger partial charge in [0.15, 0.2) is 0 Å². The van der Waals surface area contributed by atoms with Crippen LogP contribution < -0.4 is 0 Å². The number of furan rings is 1. The molecular formula is C11H15NO7S. The van der Waals surface area contributed by atoms with Crippen molar-refractivity contribution in [2.75, 3.05) is 20.7 Å². The molecule has 8 nitrogen and oxygen atoms in total. The molecule has 0 saturated heterocycles. The number of carboxylic acids is 1. The summed E-state index contributed by atoms with van der Waals surface area (Å²) in [5, 5.41) is 9.10. The van der Waals surface area contributed by atoms with E-state index >= 15 is 0 Å². The van der Waals surface area contributed by atoms with Gasteiger partial charge in [0.2, 0.25) is 10.0 Å². The van der Waals surface area contributed by atoms with Crippen LogP contribution in [-0.2, 0) is 19.6 Å². The molecule has 1 rings (SSSR count). The third kappa shape index (κ3) is 2.83. The summed E-state index contributed by atoms with van der Waals surface area (Å²) in [5.41, 5.74) is -0.431. The first kappa shape index (κ1) is 16.2. The van der Waals surface area contributed by atoms with Crippen molar-refractivity contribution in [3.05, 3.63) is 17.1 Å². The van der Waals surface area contributed by atoms with Crippen molar-refractivity contribution in [1.82, 2.24) is 4.31 Å². The summed E-state index contributed by atoms with van der Waals surface area (Å²) in [4.78, 5) is 21.9. The van der Waals surface area contributed by atoms with Crippen LogP contribution in [-0.4, -0.2) is 50.5 Å². The molecule has 20 heavy (non-hydrogen) atoms. The van der Waals surface area contributed by atoms with E-state index in [0.29, 0.717) is 4.31 Å². The lowest BCUT2D eigenvalue weighted by molar-refractivity contribution is -0.140. The lowest BCUT2D eigenvalue weighted by Gasteiger charge is -2.15. The number of carbonyl (C=O) groups is 2. The number of carboxylic acid groups (broad SMARTS) is 1. The minimum atomic E-state index is -4.17. The van der Waals surface area contributed by atoms with Crippen LogP contribution in [0.15, 0.2) is 9.31 Å². The van der Waals surface area contributed by atoms with Crippen molar-refractivity contribution >= 4 is 22.0 Å². The van der Waals surface area contributed by atoms with Gasteiger partial charge < -0.3 is 14.3 Å². The second kappa shape index (κ2) is 5.63. The number of nitrogens with zero attached hydrogens (tertiary/aromatic N) is 1. The van der Waals surface area contributed by atoms with Gasteiger partial charge >= 0.3 is 11.9 Å². The van der Waals surface area contributed by atoms with Crippen molar-refractivity contribution < 1.29 is 32.3 Å². The topological polar surface area (TPSA) is 114 Å². The van der Waals surface area contributed by atoms with Crippen LogP contribution in [0.2, 0.25) is 0 Å². The van der Waals surface area contributed by atoms with Gasteiger partial charge in [0.1, 0.15) is 28.5 Å². The lowest BCUT2D eigenvalue weighted by Crippen LogP contribution is -2.33. The summed E-state index contributed by atoms with van der Waals surface area (Å²) in [7, 11) is -1.90. The van der Waals surface area contributed by atoms with E-state index in [1.165, 1.54) is 13.8 Å². The molecule has 0 spiro atoms. The predicted octanol–water partition coefficient (Wildman–Crippen LogP) is 0.388. The van der Waals surface area contributed by atoms with E-state index in [9.17, 15) is 18.0 Å². The average Bonchev–Trinajstić information content (AvgIpc) is 2.64. The molecule has 0 bridgehead atoms. The third-order valence-corrected chi connectivity index (χ3v) is 4.62. The maximum Gasteiger partial charge on any atom is 0.340 e. The molecule has 1 aromatic rings. The highest BCUT2D eigenvalue weighted by molar-refractivity contribution is 7.89. The number of rotatable bonds is 5. The zero-order valence-corrected chi connectivity index (χ0v) is 12.3. The van der Waals surface area contributed by atoms with Gasteiger partial charge in [-0.15, -0.1) is 0 Å². The summed E-state index contributed by atoms with van der Waals surface area (Å²) in [5.74, 6) is -2.23. The van der Waals surface area contributed by atoms with Crippen LogP contribution in [0.5, 0.6) is 0 Å². The quantitative estimate of drug-likeness (QED) is 0.782. The molecule has 0 atom stereocenters. The van der Waals surface area contributed by atoms with Gasteiger partial charge in [-0.3, -0.25) is 4.79 Å². The number of likely N-dealkylation sites (N-methyl/N-ethyl adjacent to an activating group) is 1. The van der Waals surface area contributed by atoms with Gasteiger partial charge in [-0.2, -0.15) is 4.31 Å². The normalized spacial score (nSPS) is 11.7. The maximum absolute atomic E-state index is 12.3. The number of esters is 1. The van der Waals surface area contributed by atoms with E-state index in [1.54, 1.807) is 0 Å². The van der Waals surface area contributed by atoms with Crippen LogP contribution in [0.4, 0.5) is 0 Å². The zero-order valence-electron chi connectivity index (χ0n) is 11.5. The molecule has 0 aromatic carbocycles. The summed E-state index contributed by atoms with van der Waals surface area (Å²) in [6.07, 6.45) is 0. The van der Waals surface area contributed by atoms with Crippen molar-refractivity contribution in [1.29, 1.82) is 0 Å². The average molecular weight is 305 g/mol. The van der Waals surface area contributed by atoms with E-state index in [4.69, 9.17) is 9.52 Å². The Morgan fingerprint density at radius 1 is 1.30 bits per heavy atom. The van der Waals surface area contributed by atoms with Crippen molar-refractivity contribution in [2.45, 2.75) is 18.7 Å². The van der Waals surface area contributed by atoms with E-state index in [1.807, 2.05) is 0 Å². The van der Waals surface area contributed by atoms with E-state index in [0.717, 1.165) is 14.2 Å². The Morgan fingerprint density at radius 2 is 1.85 bits per heavy atom. The van der Waals surface area contributed by atoms with E-state index < -0.39 is 39.0 Å². The molecule has 0 aliphatic heterocycles. The number of carbonyl (C=O) groups excluding carboxylic acids is 1. The highest BCUT2D eigenvalue weighted by atomic mass is 32.2. The summed E-state index contributed by atoms with van der Waals surface area (Å²) in [6.45, 7) is 2.18. The standard InChI is InChI=1S/C11H15NO7S/c1-6-9(11(14)15)10(7(2)19-6)20(16,17)12(3)5-8(13)18-4/h5H2,1-4H3,(H,14,15). The number of aryl methyl sites for hydroxylation is 2. The van der Waals surface area contributed by atoms with Crippen molar-refractivity contribution in [3.63, 3.8) is 0 Å². The van der Waals surface area contributed by atoms with Crippen molar-refractivity contribution in [3.8, 4) is 0 Å². The van der Waals surface area contributed by atoms with E-state index in [2.05, 4.69) is 4.74 Å². The predicted molar refractivity (Wildman–Crippen MR) is 67.0 cm³/mol. The van der Waals surface area contributed by atoms with Crippen LogP contribution in [0.25, 0.3) is 0 Å². The Balaban J connectivity index is 3.36. The zero-order chi connectivity index (χ0) is 15.7. The fourth-order valence-corrected chi connectivity index (χ4v) is 3.19. The number of ether oxygens (including phenoxy) is 1. The molecule has 0 amide bonds. The monoisotopic (exact) mass is 305 g/mol. The van der Waals surface area contributed by atoms with Gasteiger partial charge in [-0.25, -0.2) is 13.2 Å². The first-order valence-electron chi connectivity index (χ1n) is 5.49. The summed E-state index contributed by atoms with van der Waals surface area (Å²) >= 11 is 0. The number of aromatic carboxylic acids is 1. The van der Waals surface area contributed by atoms with Gasteiger partial charge in [0.25, 0.3) is 0 Å². The third-order valence-electron chi connectivity index (χ3n) is 2.67. The molecule has 1 N–H and O–H groups in total. The first-order chi connectivity index (χ1) is 9.12. The molecule has 1 aromatic heterocycles.